The van der Waals surface area contributed by atoms with Crippen molar-refractivity contribution in [2.24, 2.45) is 21.7 Å². The van der Waals surface area contributed by atoms with Gasteiger partial charge in [-0.15, -0.1) is 5.10 Å². The average molecular weight is 289 g/mol. The normalized spacial score (nSPS) is 14.7. The third-order valence-electron chi connectivity index (χ3n) is 3.08. The van der Waals surface area contributed by atoms with Crippen LogP contribution in [-0.2, 0) is 4.79 Å². The first-order valence-corrected chi connectivity index (χ1v) is 6.78. The molecule has 21 heavy (non-hydrogen) atoms. The molecule has 0 spiro atoms. The van der Waals surface area contributed by atoms with Crippen molar-refractivity contribution < 1.29 is 9.53 Å². The molecule has 0 radical (unpaired) electrons. The summed E-state index contributed by atoms with van der Waals surface area (Å²) in [5, 5.41) is 7.32. The lowest BCUT2D eigenvalue weighted by Crippen LogP contribution is -2.29. The fourth-order valence-corrected chi connectivity index (χ4v) is 2.08. The molecule has 7 heteroatoms. The summed E-state index contributed by atoms with van der Waals surface area (Å²) in [6, 6.07) is 7.42. The zero-order valence-corrected chi connectivity index (χ0v) is 11.7. The topological polar surface area (TPSA) is 106 Å². The first-order valence-electron chi connectivity index (χ1n) is 6.78. The number of carbonyl (C=O) groups excluding carboxylic acids is 1. The summed E-state index contributed by atoms with van der Waals surface area (Å²) in [5.41, 5.74) is 11.2. The molecule has 1 aliphatic rings. The number of nitrogens with zero attached hydrogens (tertiary/aromatic N) is 3. The highest BCUT2D eigenvalue weighted by Gasteiger charge is 2.19. The summed E-state index contributed by atoms with van der Waals surface area (Å²) >= 11 is 0. The van der Waals surface area contributed by atoms with Crippen molar-refractivity contribution in [3.63, 3.8) is 0 Å². The van der Waals surface area contributed by atoms with Gasteiger partial charge in [0.25, 0.3) is 0 Å². The third-order valence-corrected chi connectivity index (χ3v) is 3.08. The van der Waals surface area contributed by atoms with Gasteiger partial charge in [0.1, 0.15) is 12.4 Å². The largest absolute Gasteiger partial charge is 0.491 e. The number of para-hydroxylation sites is 1. The lowest BCUT2D eigenvalue weighted by Gasteiger charge is -2.16. The summed E-state index contributed by atoms with van der Waals surface area (Å²) in [4.78, 5) is 13.3. The van der Waals surface area contributed by atoms with Gasteiger partial charge in [0.15, 0.2) is 0 Å². The van der Waals surface area contributed by atoms with E-state index in [-0.39, 0.29) is 11.9 Å². The second kappa shape index (κ2) is 7.28. The molecule has 0 bridgehead atoms. The number of hydrogen-bond acceptors (Lipinski definition) is 4. The first-order chi connectivity index (χ1) is 10.2. The van der Waals surface area contributed by atoms with E-state index in [9.17, 15) is 4.79 Å². The molecule has 1 aliphatic heterocycles. The number of carbonyl (C=O) groups is 1. The Morgan fingerprint density at radius 2 is 2.19 bits per heavy atom. The van der Waals surface area contributed by atoms with Gasteiger partial charge in [-0.1, -0.05) is 12.1 Å². The molecule has 1 fully saturated rings. The van der Waals surface area contributed by atoms with Gasteiger partial charge in [-0.05, 0) is 18.6 Å². The third kappa shape index (κ3) is 4.48. The maximum absolute atomic E-state index is 11.5. The summed E-state index contributed by atoms with van der Waals surface area (Å²) in [6.45, 7) is 1.85. The number of benzene rings is 1. The predicted octanol–water partition coefficient (Wildman–Crippen LogP) is 0.295. The van der Waals surface area contributed by atoms with Crippen LogP contribution in [0, 0.1) is 0 Å². The van der Waals surface area contributed by atoms with Crippen molar-refractivity contribution in [3.8, 4) is 5.75 Å². The lowest BCUT2D eigenvalue weighted by atomic mass is 10.2. The van der Waals surface area contributed by atoms with Gasteiger partial charge in [-0.25, -0.2) is 0 Å². The van der Waals surface area contributed by atoms with E-state index in [1.165, 1.54) is 6.21 Å². The van der Waals surface area contributed by atoms with Crippen LogP contribution in [0.2, 0.25) is 0 Å². The number of likely N-dealkylation sites (tertiary alicyclic amines) is 1. The zero-order valence-electron chi connectivity index (χ0n) is 11.7. The summed E-state index contributed by atoms with van der Waals surface area (Å²) in [5.74, 6) is 0.775. The Labute approximate surface area is 123 Å². The number of amides is 1. The van der Waals surface area contributed by atoms with Crippen molar-refractivity contribution in [1.82, 2.24) is 4.90 Å². The molecule has 0 unspecified atom stereocenters. The molecule has 0 saturated carbocycles. The monoisotopic (exact) mass is 289 g/mol. The van der Waals surface area contributed by atoms with E-state index in [0.29, 0.717) is 25.3 Å². The standard InChI is InChI=1S/C14H19N5O2/c15-14(16)18-17-10-11-4-1-2-5-12(11)21-9-8-19-7-3-6-13(19)20/h1-2,4-5,10H,3,6-9H2,(H4,15,16,18). The minimum absolute atomic E-state index is 0.0998. The fourth-order valence-electron chi connectivity index (χ4n) is 2.08. The smallest absolute Gasteiger partial charge is 0.222 e. The van der Waals surface area contributed by atoms with E-state index in [1.807, 2.05) is 29.2 Å². The fraction of sp³-hybridized carbons (Fsp3) is 0.357. The number of hydrogen-bond donors (Lipinski definition) is 2. The molecule has 1 amide bonds. The molecule has 0 aromatic heterocycles. The van der Waals surface area contributed by atoms with E-state index >= 15 is 0 Å². The maximum Gasteiger partial charge on any atom is 0.222 e. The Morgan fingerprint density at radius 1 is 1.38 bits per heavy atom. The molecule has 112 valence electrons. The van der Waals surface area contributed by atoms with Crippen LogP contribution in [-0.4, -0.2) is 42.7 Å². The quantitative estimate of drug-likeness (QED) is 0.446. The second-order valence-corrected chi connectivity index (χ2v) is 4.64. The molecule has 1 saturated heterocycles. The average Bonchev–Trinajstić information content (AvgIpc) is 2.86. The highest BCUT2D eigenvalue weighted by atomic mass is 16.5. The van der Waals surface area contributed by atoms with Crippen LogP contribution in [0.4, 0.5) is 0 Å². The zero-order chi connectivity index (χ0) is 15.1. The molecule has 1 aromatic carbocycles. The summed E-state index contributed by atoms with van der Waals surface area (Å²) < 4.78 is 5.71. The first kappa shape index (κ1) is 14.8. The Kier molecular flexibility index (Phi) is 5.14. The van der Waals surface area contributed by atoms with Crippen LogP contribution in [0.5, 0.6) is 5.75 Å². The van der Waals surface area contributed by atoms with Crippen molar-refractivity contribution in [2.45, 2.75) is 12.8 Å². The molecular formula is C14H19N5O2. The van der Waals surface area contributed by atoms with Gasteiger partial charge in [0.05, 0.1) is 12.8 Å². The van der Waals surface area contributed by atoms with Crippen LogP contribution in [0.1, 0.15) is 18.4 Å². The van der Waals surface area contributed by atoms with Crippen LogP contribution in [0.25, 0.3) is 0 Å². The molecule has 0 atom stereocenters. The van der Waals surface area contributed by atoms with Gasteiger partial charge in [-0.2, -0.15) is 5.10 Å². The number of ether oxygens (including phenoxy) is 1. The number of guanidine groups is 1. The van der Waals surface area contributed by atoms with E-state index in [2.05, 4.69) is 10.2 Å². The molecule has 4 N–H and O–H groups in total. The molecule has 1 heterocycles. The van der Waals surface area contributed by atoms with Crippen molar-refractivity contribution in [2.75, 3.05) is 19.7 Å². The van der Waals surface area contributed by atoms with Gasteiger partial charge >= 0.3 is 0 Å². The van der Waals surface area contributed by atoms with E-state index in [1.54, 1.807) is 0 Å². The minimum atomic E-state index is -0.0998. The van der Waals surface area contributed by atoms with Crippen LogP contribution in [0.15, 0.2) is 34.5 Å². The van der Waals surface area contributed by atoms with E-state index < -0.39 is 0 Å². The van der Waals surface area contributed by atoms with Crippen molar-refractivity contribution >= 4 is 18.1 Å². The lowest BCUT2D eigenvalue weighted by molar-refractivity contribution is -0.128. The number of nitrogens with two attached hydrogens (primary N) is 2. The van der Waals surface area contributed by atoms with Gasteiger partial charge in [0.2, 0.25) is 11.9 Å². The second-order valence-electron chi connectivity index (χ2n) is 4.64. The van der Waals surface area contributed by atoms with Crippen LogP contribution in [0.3, 0.4) is 0 Å². The van der Waals surface area contributed by atoms with Crippen LogP contribution >= 0.6 is 0 Å². The van der Waals surface area contributed by atoms with Crippen molar-refractivity contribution in [1.29, 1.82) is 0 Å². The molecular weight excluding hydrogens is 270 g/mol. The molecule has 1 aromatic rings. The van der Waals surface area contributed by atoms with Crippen molar-refractivity contribution in [3.05, 3.63) is 29.8 Å². The highest BCUT2D eigenvalue weighted by Crippen LogP contribution is 2.16. The van der Waals surface area contributed by atoms with Gasteiger partial charge in [-0.3, -0.25) is 4.79 Å². The molecule has 7 nitrogen and oxygen atoms in total. The predicted molar refractivity (Wildman–Crippen MR) is 81.2 cm³/mol. The Morgan fingerprint density at radius 3 is 2.90 bits per heavy atom. The Hall–Kier alpha value is -2.57. The maximum atomic E-state index is 11.5. The van der Waals surface area contributed by atoms with Gasteiger partial charge < -0.3 is 21.1 Å². The summed E-state index contributed by atoms with van der Waals surface area (Å²) in [6.07, 6.45) is 3.10. The molecule has 0 aliphatic carbocycles. The van der Waals surface area contributed by atoms with Gasteiger partial charge in [0, 0.05) is 18.5 Å². The summed E-state index contributed by atoms with van der Waals surface area (Å²) in [7, 11) is 0. The Balaban J connectivity index is 1.92. The van der Waals surface area contributed by atoms with E-state index in [4.69, 9.17) is 16.2 Å². The SMILES string of the molecule is NC(N)=NN=Cc1ccccc1OCCN1CCCC1=O. The van der Waals surface area contributed by atoms with Crippen LogP contribution < -0.4 is 16.2 Å². The highest BCUT2D eigenvalue weighted by molar-refractivity contribution is 5.84. The molecule has 2 rings (SSSR count). The Bertz CT molecular complexity index is 552. The minimum Gasteiger partial charge on any atom is -0.491 e. The number of rotatable bonds is 6. The van der Waals surface area contributed by atoms with E-state index in [0.717, 1.165) is 18.5 Å².